The predicted octanol–water partition coefficient (Wildman–Crippen LogP) is 2.20. The molecule has 0 amide bonds. The van der Waals surface area contributed by atoms with Crippen molar-refractivity contribution in [2.75, 3.05) is 13.2 Å². The molecule has 0 saturated heterocycles. The zero-order valence-corrected chi connectivity index (χ0v) is 13.7. The van der Waals surface area contributed by atoms with Crippen molar-refractivity contribution in [3.8, 4) is 0 Å². The Bertz CT molecular complexity index is 155. The number of hydrogen-bond acceptors (Lipinski definition) is 4. The van der Waals surface area contributed by atoms with Gasteiger partial charge in [-0.15, -0.1) is 0 Å². The van der Waals surface area contributed by atoms with E-state index in [-0.39, 0.29) is 19.5 Å². The van der Waals surface area contributed by atoms with Crippen LogP contribution in [0.2, 0.25) is 0 Å². The molecule has 0 aromatic rings. The molecule has 0 aliphatic heterocycles. The number of unbranched alkanes of at least 4 members (excludes halogenated alkanes) is 2. The molecule has 0 rings (SSSR count). The Morgan fingerprint density at radius 2 is 1.43 bits per heavy atom. The topological polar surface area (TPSA) is 41.5 Å². The Morgan fingerprint density at radius 1 is 1.07 bits per heavy atom. The quantitative estimate of drug-likeness (QED) is 0.390. The van der Waals surface area contributed by atoms with Gasteiger partial charge in [0.05, 0.1) is 13.2 Å². The summed E-state index contributed by atoms with van der Waals surface area (Å²) in [5.74, 6) is 0. The van der Waals surface area contributed by atoms with Crippen molar-refractivity contribution < 1.29 is 33.4 Å². The van der Waals surface area contributed by atoms with Crippen LogP contribution in [0.25, 0.3) is 0 Å². The molecule has 0 atom stereocenters. The second-order valence-corrected chi connectivity index (χ2v) is 5.57. The maximum Gasteiger partial charge on any atom is 2.00 e. The fourth-order valence-corrected chi connectivity index (χ4v) is 1.91. The minimum Gasteiger partial charge on any atom is -0.780 e. The molecule has 0 fully saturated rings. The van der Waals surface area contributed by atoms with Crippen molar-refractivity contribution in [1.29, 1.82) is 0 Å². The van der Waals surface area contributed by atoms with E-state index in [0.717, 1.165) is 25.7 Å². The summed E-state index contributed by atoms with van der Waals surface area (Å²) in [4.78, 5) is 11.3. The molecule has 0 radical (unpaired) electrons. The second kappa shape index (κ2) is 10.7. The number of rotatable bonds is 8. The Labute approximate surface area is 105 Å². The van der Waals surface area contributed by atoms with Crippen molar-refractivity contribution >= 4 is 18.5 Å². The van der Waals surface area contributed by atoms with Gasteiger partial charge in [0.1, 0.15) is 6.72 Å². The summed E-state index contributed by atoms with van der Waals surface area (Å²) >= 11 is 4.68. The van der Waals surface area contributed by atoms with Gasteiger partial charge in [-0.1, -0.05) is 38.5 Å². The number of hydrogen-bond donors (Lipinski definition) is 0. The maximum absolute atomic E-state index is 11.3. The van der Waals surface area contributed by atoms with Gasteiger partial charge in [0.25, 0.3) is 0 Å². The molecule has 0 unspecified atom stereocenters. The van der Waals surface area contributed by atoms with Crippen molar-refractivity contribution in [1.82, 2.24) is 0 Å². The zero-order valence-electron chi connectivity index (χ0n) is 9.03. The summed E-state index contributed by atoms with van der Waals surface area (Å²) in [5, 5.41) is 0. The average Bonchev–Trinajstić information content (AvgIpc) is 2.05. The van der Waals surface area contributed by atoms with E-state index in [1.165, 1.54) is 0 Å². The summed E-state index contributed by atoms with van der Waals surface area (Å²) in [7, 11) is 0. The van der Waals surface area contributed by atoms with E-state index in [1.54, 1.807) is 0 Å². The van der Waals surface area contributed by atoms with Crippen LogP contribution in [0.15, 0.2) is 0 Å². The standard InChI is InChI=1S/C8H19O3PS.Zn/c1-3-5-7-10-12(9,13)11-8-6-4-2;/h3-8H2,1-2H3,(H,9,13);/q;+2/p-1. The summed E-state index contributed by atoms with van der Waals surface area (Å²) in [6, 6.07) is 0. The van der Waals surface area contributed by atoms with Crippen LogP contribution >= 0.6 is 6.72 Å². The van der Waals surface area contributed by atoms with Crippen molar-refractivity contribution in [2.45, 2.75) is 39.5 Å². The molecule has 0 aromatic carbocycles. The molecule has 3 nitrogen and oxygen atoms in total. The molecule has 0 aliphatic rings. The first-order valence-electron chi connectivity index (χ1n) is 4.72. The molecule has 0 spiro atoms. The van der Waals surface area contributed by atoms with Gasteiger partial charge in [0.2, 0.25) is 0 Å². The van der Waals surface area contributed by atoms with E-state index < -0.39 is 6.72 Å². The molecule has 14 heavy (non-hydrogen) atoms. The zero-order chi connectivity index (χ0) is 10.2. The van der Waals surface area contributed by atoms with E-state index in [1.807, 2.05) is 13.8 Å². The van der Waals surface area contributed by atoms with Crippen LogP contribution in [0.4, 0.5) is 0 Å². The summed E-state index contributed by atoms with van der Waals surface area (Å²) in [5.41, 5.74) is 0. The predicted molar refractivity (Wildman–Crippen MR) is 56.0 cm³/mol. The van der Waals surface area contributed by atoms with Gasteiger partial charge < -0.3 is 13.9 Å². The van der Waals surface area contributed by atoms with Crippen LogP contribution in [0.3, 0.4) is 0 Å². The van der Waals surface area contributed by atoms with E-state index in [9.17, 15) is 4.89 Å². The molecule has 80 valence electrons. The molecule has 0 aromatic heterocycles. The fraction of sp³-hybridized carbons (Fsp3) is 1.00. The van der Waals surface area contributed by atoms with E-state index in [4.69, 9.17) is 9.05 Å². The van der Waals surface area contributed by atoms with Gasteiger partial charge in [0.15, 0.2) is 0 Å². The first kappa shape index (κ1) is 17.5. The van der Waals surface area contributed by atoms with Crippen molar-refractivity contribution in [3.05, 3.63) is 0 Å². The summed E-state index contributed by atoms with van der Waals surface area (Å²) < 4.78 is 9.93. The minimum absolute atomic E-state index is 0. The van der Waals surface area contributed by atoms with Crippen LogP contribution in [-0.4, -0.2) is 13.2 Å². The molecule has 0 bridgehead atoms. The van der Waals surface area contributed by atoms with E-state index in [2.05, 4.69) is 11.8 Å². The van der Waals surface area contributed by atoms with Crippen LogP contribution < -0.4 is 4.89 Å². The Balaban J connectivity index is 0. The van der Waals surface area contributed by atoms with Gasteiger partial charge in [-0.2, -0.15) is 0 Å². The Morgan fingerprint density at radius 3 is 1.71 bits per heavy atom. The molecule has 0 N–H and O–H groups in total. The minimum atomic E-state index is -3.17. The maximum atomic E-state index is 11.3. The molecule has 6 heteroatoms. The van der Waals surface area contributed by atoms with Gasteiger partial charge in [-0.05, 0) is 12.8 Å². The Hall–Kier alpha value is 1.15. The SMILES string of the molecule is CCCCOP([O-])(=S)OCCCC.[Zn+2]. The smallest absolute Gasteiger partial charge is 0.780 e. The first-order chi connectivity index (χ1) is 6.12. The summed E-state index contributed by atoms with van der Waals surface area (Å²) in [6.45, 7) is 1.77. The largest absolute Gasteiger partial charge is 2.00 e. The molecule has 0 aliphatic carbocycles. The van der Waals surface area contributed by atoms with Gasteiger partial charge in [-0.25, -0.2) is 0 Å². The summed E-state index contributed by atoms with van der Waals surface area (Å²) in [6.07, 6.45) is 3.75. The molecule has 0 heterocycles. The van der Waals surface area contributed by atoms with Crippen molar-refractivity contribution in [2.24, 2.45) is 0 Å². The molecule has 0 saturated carbocycles. The third-order valence-corrected chi connectivity index (χ3v) is 3.12. The van der Waals surface area contributed by atoms with Gasteiger partial charge in [-0.3, -0.25) is 0 Å². The first-order valence-corrected chi connectivity index (χ1v) is 7.28. The van der Waals surface area contributed by atoms with E-state index >= 15 is 0 Å². The van der Waals surface area contributed by atoms with Gasteiger partial charge in [0, 0.05) is 0 Å². The van der Waals surface area contributed by atoms with Crippen molar-refractivity contribution in [3.63, 3.8) is 0 Å². The Kier molecular flexibility index (Phi) is 13.4. The van der Waals surface area contributed by atoms with E-state index in [0.29, 0.717) is 13.2 Å². The molecular formula is C8H18O3PSZn+. The third-order valence-electron chi connectivity index (χ3n) is 1.49. The van der Waals surface area contributed by atoms with Crippen LogP contribution in [0, 0.1) is 0 Å². The van der Waals surface area contributed by atoms with Gasteiger partial charge >= 0.3 is 19.5 Å². The second-order valence-electron chi connectivity index (χ2n) is 2.82. The fourth-order valence-electron chi connectivity index (χ4n) is 0.679. The monoisotopic (exact) mass is 289 g/mol. The van der Waals surface area contributed by atoms with Crippen LogP contribution in [-0.2, 0) is 40.3 Å². The normalized spacial score (nSPS) is 11.1. The average molecular weight is 291 g/mol. The third kappa shape index (κ3) is 11.2. The van der Waals surface area contributed by atoms with Crippen LogP contribution in [0.5, 0.6) is 0 Å². The molecular weight excluding hydrogens is 273 g/mol. The van der Waals surface area contributed by atoms with Crippen LogP contribution in [0.1, 0.15) is 39.5 Å².